The molecular weight excluding hydrogens is 336 g/mol. The number of guanidine groups is 1. The minimum Gasteiger partial charge on any atom is -0.356 e. The Labute approximate surface area is 143 Å². The molecule has 134 valence electrons. The molecule has 0 unspecified atom stereocenters. The predicted molar refractivity (Wildman–Crippen MR) is 87.5 cm³/mol. The third kappa shape index (κ3) is 5.74. The smallest absolute Gasteiger partial charge is 0.356 e. The van der Waals surface area contributed by atoms with Crippen molar-refractivity contribution in [1.29, 1.82) is 0 Å². The average Bonchev–Trinajstić information content (AvgIpc) is 2.59. The normalized spacial score (nSPS) is 12.1. The van der Waals surface area contributed by atoms with Gasteiger partial charge in [-0.3, -0.25) is 9.98 Å². The van der Waals surface area contributed by atoms with Gasteiger partial charge in [-0.2, -0.15) is 13.2 Å². The van der Waals surface area contributed by atoms with Crippen LogP contribution in [0.3, 0.4) is 0 Å². The summed E-state index contributed by atoms with van der Waals surface area (Å²) in [6.45, 7) is 0.419. The molecule has 2 rings (SSSR count). The number of pyridine rings is 1. The Morgan fingerprint density at radius 1 is 1.20 bits per heavy atom. The first kappa shape index (κ1) is 18.7. The molecule has 2 aromatic rings. The van der Waals surface area contributed by atoms with Crippen LogP contribution in [0.5, 0.6) is 0 Å². The van der Waals surface area contributed by atoms with Gasteiger partial charge >= 0.3 is 6.18 Å². The predicted octanol–water partition coefficient (Wildman–Crippen LogP) is 3.15. The molecular formula is C17H18F4N4. The molecule has 2 N–H and O–H groups in total. The van der Waals surface area contributed by atoms with E-state index < -0.39 is 17.6 Å². The molecule has 1 aromatic heterocycles. The van der Waals surface area contributed by atoms with E-state index in [9.17, 15) is 17.6 Å². The second-order valence-corrected chi connectivity index (χ2v) is 5.26. The largest absolute Gasteiger partial charge is 0.416 e. The maximum Gasteiger partial charge on any atom is 0.416 e. The summed E-state index contributed by atoms with van der Waals surface area (Å²) in [7, 11) is 1.52. The number of nitrogens with one attached hydrogen (secondary N) is 2. The van der Waals surface area contributed by atoms with E-state index in [0.717, 1.165) is 17.7 Å². The zero-order chi connectivity index (χ0) is 18.3. The minimum atomic E-state index is -4.61. The van der Waals surface area contributed by atoms with Crippen molar-refractivity contribution in [2.75, 3.05) is 13.6 Å². The molecule has 1 aromatic carbocycles. The molecule has 25 heavy (non-hydrogen) atoms. The quantitative estimate of drug-likeness (QED) is 0.493. The van der Waals surface area contributed by atoms with Crippen LogP contribution in [0.2, 0.25) is 0 Å². The van der Waals surface area contributed by atoms with Crippen LogP contribution in [0.25, 0.3) is 0 Å². The average molecular weight is 354 g/mol. The Morgan fingerprint density at radius 2 is 2.00 bits per heavy atom. The summed E-state index contributed by atoms with van der Waals surface area (Å²) < 4.78 is 52.0. The molecule has 0 atom stereocenters. The van der Waals surface area contributed by atoms with Crippen LogP contribution < -0.4 is 10.6 Å². The number of benzene rings is 1. The van der Waals surface area contributed by atoms with E-state index in [0.29, 0.717) is 25.0 Å². The first-order valence-corrected chi connectivity index (χ1v) is 7.59. The fourth-order valence-electron chi connectivity index (χ4n) is 2.24. The van der Waals surface area contributed by atoms with Crippen molar-refractivity contribution >= 4 is 5.96 Å². The lowest BCUT2D eigenvalue weighted by Gasteiger charge is -2.16. The van der Waals surface area contributed by atoms with Gasteiger partial charge in [-0.25, -0.2) is 4.39 Å². The lowest BCUT2D eigenvalue weighted by Crippen LogP contribution is -2.38. The summed E-state index contributed by atoms with van der Waals surface area (Å²) in [5.41, 5.74) is -0.0155. The number of nitrogens with zero attached hydrogens (tertiary/aromatic N) is 2. The highest BCUT2D eigenvalue weighted by Crippen LogP contribution is 2.32. The highest BCUT2D eigenvalue weighted by atomic mass is 19.4. The highest BCUT2D eigenvalue weighted by Gasteiger charge is 2.33. The molecule has 0 radical (unpaired) electrons. The number of rotatable bonds is 5. The topological polar surface area (TPSA) is 49.3 Å². The molecule has 0 fully saturated rings. The second-order valence-electron chi connectivity index (χ2n) is 5.26. The summed E-state index contributed by atoms with van der Waals surface area (Å²) in [5, 5.41) is 5.82. The molecule has 0 aliphatic rings. The van der Waals surface area contributed by atoms with E-state index in [1.807, 2.05) is 12.1 Å². The van der Waals surface area contributed by atoms with Gasteiger partial charge in [0.2, 0.25) is 0 Å². The first-order chi connectivity index (χ1) is 11.9. The summed E-state index contributed by atoms with van der Waals surface area (Å²) in [5.74, 6) is -0.559. The summed E-state index contributed by atoms with van der Waals surface area (Å²) in [4.78, 5) is 7.97. The van der Waals surface area contributed by atoms with Gasteiger partial charge < -0.3 is 10.6 Å². The van der Waals surface area contributed by atoms with Crippen molar-refractivity contribution in [3.8, 4) is 0 Å². The van der Waals surface area contributed by atoms with E-state index in [4.69, 9.17) is 0 Å². The van der Waals surface area contributed by atoms with Crippen LogP contribution in [0.1, 0.15) is 16.7 Å². The maximum absolute atomic E-state index is 13.1. The van der Waals surface area contributed by atoms with Gasteiger partial charge in [-0.1, -0.05) is 12.1 Å². The van der Waals surface area contributed by atoms with Gasteiger partial charge in [-0.05, 0) is 35.7 Å². The molecule has 0 aliphatic heterocycles. The van der Waals surface area contributed by atoms with Gasteiger partial charge in [0.15, 0.2) is 5.96 Å². The SMILES string of the molecule is CN=C(NCCc1cccnc1)NCc1ccc(F)cc1C(F)(F)F. The van der Waals surface area contributed by atoms with E-state index in [1.54, 1.807) is 12.4 Å². The number of aromatic nitrogens is 1. The number of halogens is 4. The third-order valence-corrected chi connectivity index (χ3v) is 3.48. The third-order valence-electron chi connectivity index (χ3n) is 3.48. The Morgan fingerprint density at radius 3 is 2.64 bits per heavy atom. The van der Waals surface area contributed by atoms with Crippen molar-refractivity contribution in [1.82, 2.24) is 15.6 Å². The zero-order valence-corrected chi connectivity index (χ0v) is 13.6. The van der Waals surface area contributed by atoms with Gasteiger partial charge in [-0.15, -0.1) is 0 Å². The van der Waals surface area contributed by atoms with E-state index in [-0.39, 0.29) is 12.1 Å². The van der Waals surface area contributed by atoms with Crippen molar-refractivity contribution in [3.05, 3.63) is 65.2 Å². The lowest BCUT2D eigenvalue weighted by molar-refractivity contribution is -0.138. The van der Waals surface area contributed by atoms with E-state index in [2.05, 4.69) is 20.6 Å². The Balaban J connectivity index is 1.93. The molecule has 0 saturated heterocycles. The minimum absolute atomic E-state index is 0.0518. The van der Waals surface area contributed by atoms with Crippen LogP contribution in [0.15, 0.2) is 47.7 Å². The Kier molecular flexibility index (Phi) is 6.32. The molecule has 8 heteroatoms. The monoisotopic (exact) mass is 354 g/mol. The van der Waals surface area contributed by atoms with E-state index in [1.165, 1.54) is 7.05 Å². The van der Waals surface area contributed by atoms with Crippen LogP contribution in [0.4, 0.5) is 17.6 Å². The molecule has 0 saturated carbocycles. The molecule has 0 aliphatic carbocycles. The molecule has 0 amide bonds. The second kappa shape index (κ2) is 8.46. The standard InChI is InChI=1S/C17H18F4N4/c1-22-16(24-8-6-12-3-2-7-23-10-12)25-11-13-4-5-14(18)9-15(13)17(19,20)21/h2-5,7,9-10H,6,8,11H2,1H3,(H2,22,24,25). The van der Waals surface area contributed by atoms with Crippen LogP contribution in [-0.2, 0) is 19.1 Å². The molecule has 0 bridgehead atoms. The summed E-state index contributed by atoms with van der Waals surface area (Å²) in [6, 6.07) is 6.38. The van der Waals surface area contributed by atoms with Crippen molar-refractivity contribution in [3.63, 3.8) is 0 Å². The number of hydrogen-bond donors (Lipinski definition) is 2. The van der Waals surface area contributed by atoms with Crippen LogP contribution >= 0.6 is 0 Å². The summed E-state index contributed by atoms with van der Waals surface area (Å²) >= 11 is 0. The van der Waals surface area contributed by atoms with Crippen molar-refractivity contribution < 1.29 is 17.6 Å². The number of aliphatic imine (C=N–C) groups is 1. The fraction of sp³-hybridized carbons (Fsp3) is 0.294. The van der Waals surface area contributed by atoms with Gasteiger partial charge in [0.05, 0.1) is 5.56 Å². The van der Waals surface area contributed by atoms with Crippen molar-refractivity contribution in [2.24, 2.45) is 4.99 Å². The number of hydrogen-bond acceptors (Lipinski definition) is 2. The van der Waals surface area contributed by atoms with Gasteiger partial charge in [0.1, 0.15) is 5.82 Å². The lowest BCUT2D eigenvalue weighted by atomic mass is 10.1. The summed E-state index contributed by atoms with van der Waals surface area (Å²) in [6.07, 6.45) is -0.500. The van der Waals surface area contributed by atoms with E-state index >= 15 is 0 Å². The van der Waals surface area contributed by atoms with Crippen molar-refractivity contribution in [2.45, 2.75) is 19.1 Å². The zero-order valence-electron chi connectivity index (χ0n) is 13.6. The van der Waals surface area contributed by atoms with Gasteiger partial charge in [0.25, 0.3) is 0 Å². The Bertz CT molecular complexity index is 714. The molecule has 0 spiro atoms. The fourth-order valence-corrected chi connectivity index (χ4v) is 2.24. The Hall–Kier alpha value is -2.64. The van der Waals surface area contributed by atoms with Gasteiger partial charge in [0, 0.05) is 32.5 Å². The highest BCUT2D eigenvalue weighted by molar-refractivity contribution is 5.79. The molecule has 1 heterocycles. The number of alkyl halides is 3. The first-order valence-electron chi connectivity index (χ1n) is 7.59. The van der Waals surface area contributed by atoms with Crippen LogP contribution in [0, 0.1) is 5.82 Å². The molecule has 4 nitrogen and oxygen atoms in total. The maximum atomic E-state index is 13.1. The van der Waals surface area contributed by atoms with Crippen LogP contribution in [-0.4, -0.2) is 24.5 Å².